The Hall–Kier alpha value is -1.43. The van der Waals surface area contributed by atoms with Gasteiger partial charge in [-0.25, -0.2) is 4.98 Å². The summed E-state index contributed by atoms with van der Waals surface area (Å²) in [6.45, 7) is 5.46. The van der Waals surface area contributed by atoms with Gasteiger partial charge in [0.15, 0.2) is 0 Å². The van der Waals surface area contributed by atoms with E-state index >= 15 is 0 Å². The molecule has 1 saturated heterocycles. The molecule has 1 aromatic heterocycles. The number of aryl methyl sites for hydroxylation is 1. The van der Waals surface area contributed by atoms with Crippen LogP contribution in [0.2, 0.25) is 0 Å². The number of nitrogens with one attached hydrogen (secondary N) is 1. The smallest absolute Gasteiger partial charge is 0.222 e. The molecule has 0 saturated carbocycles. The number of hydrogen-bond acceptors (Lipinski definition) is 4. The van der Waals surface area contributed by atoms with Gasteiger partial charge in [0.2, 0.25) is 5.91 Å². The first kappa shape index (κ1) is 12.0. The number of hydrogen-bond donors (Lipinski definition) is 1. The number of carbonyl (C=O) groups is 1. The third-order valence-corrected chi connectivity index (χ3v) is 3.07. The van der Waals surface area contributed by atoms with Crippen LogP contribution in [0.15, 0.2) is 12.7 Å². The summed E-state index contributed by atoms with van der Waals surface area (Å²) in [5.41, 5.74) is 0. The van der Waals surface area contributed by atoms with Crippen molar-refractivity contribution in [3.8, 4) is 0 Å². The first-order valence-corrected chi connectivity index (χ1v) is 6.10. The quantitative estimate of drug-likeness (QED) is 0.793. The molecule has 17 heavy (non-hydrogen) atoms. The molecule has 0 aromatic carbocycles. The van der Waals surface area contributed by atoms with Crippen molar-refractivity contribution in [2.24, 2.45) is 0 Å². The second-order valence-electron chi connectivity index (χ2n) is 4.40. The number of piperazine rings is 1. The minimum atomic E-state index is 0.249. The van der Waals surface area contributed by atoms with E-state index in [1.807, 2.05) is 4.90 Å². The SMILES string of the molecule is C[C@@H]1CNCCN1C(=O)CCCn1cncn1. The minimum absolute atomic E-state index is 0.249. The zero-order chi connectivity index (χ0) is 12.1. The molecule has 1 atom stereocenters. The van der Waals surface area contributed by atoms with Gasteiger partial charge < -0.3 is 10.2 Å². The lowest BCUT2D eigenvalue weighted by Crippen LogP contribution is -2.52. The molecule has 1 fully saturated rings. The van der Waals surface area contributed by atoms with Crippen LogP contribution in [0.5, 0.6) is 0 Å². The summed E-state index contributed by atoms with van der Waals surface area (Å²) in [5, 5.41) is 7.29. The molecule has 0 aliphatic carbocycles. The van der Waals surface area contributed by atoms with Crippen LogP contribution in [0.1, 0.15) is 19.8 Å². The highest BCUT2D eigenvalue weighted by molar-refractivity contribution is 5.76. The van der Waals surface area contributed by atoms with Crippen molar-refractivity contribution < 1.29 is 4.79 Å². The van der Waals surface area contributed by atoms with Crippen molar-refractivity contribution in [1.82, 2.24) is 25.0 Å². The summed E-state index contributed by atoms with van der Waals surface area (Å²) in [6, 6.07) is 0.308. The van der Waals surface area contributed by atoms with E-state index in [0.29, 0.717) is 12.5 Å². The third kappa shape index (κ3) is 3.26. The van der Waals surface area contributed by atoms with E-state index in [1.165, 1.54) is 6.33 Å². The average molecular weight is 237 g/mol. The normalized spacial score (nSPS) is 20.5. The van der Waals surface area contributed by atoms with Gasteiger partial charge in [-0.05, 0) is 13.3 Å². The zero-order valence-electron chi connectivity index (χ0n) is 10.2. The molecule has 1 amide bonds. The van der Waals surface area contributed by atoms with Crippen LogP contribution in [0.3, 0.4) is 0 Å². The van der Waals surface area contributed by atoms with Gasteiger partial charge in [-0.2, -0.15) is 5.10 Å². The van der Waals surface area contributed by atoms with E-state index in [-0.39, 0.29) is 5.91 Å². The highest BCUT2D eigenvalue weighted by Gasteiger charge is 2.22. The summed E-state index contributed by atoms with van der Waals surface area (Å²) in [6.07, 6.45) is 4.60. The molecule has 1 aliphatic heterocycles. The Morgan fingerprint density at radius 3 is 3.18 bits per heavy atom. The molecule has 1 N–H and O–H groups in total. The fourth-order valence-corrected chi connectivity index (χ4v) is 2.10. The van der Waals surface area contributed by atoms with Crippen LogP contribution in [0.4, 0.5) is 0 Å². The second kappa shape index (κ2) is 5.77. The van der Waals surface area contributed by atoms with Gasteiger partial charge in [-0.3, -0.25) is 9.48 Å². The van der Waals surface area contributed by atoms with E-state index in [2.05, 4.69) is 22.3 Å². The van der Waals surface area contributed by atoms with Gasteiger partial charge in [-0.15, -0.1) is 0 Å². The van der Waals surface area contributed by atoms with Crippen molar-refractivity contribution in [2.45, 2.75) is 32.4 Å². The standard InChI is InChI=1S/C11H19N5O/c1-10-7-12-4-6-16(10)11(17)3-2-5-15-9-13-8-14-15/h8-10,12H,2-7H2,1H3/t10-/m1/s1. The maximum absolute atomic E-state index is 12.0. The lowest BCUT2D eigenvalue weighted by molar-refractivity contribution is -0.134. The molecule has 6 heteroatoms. The first-order valence-electron chi connectivity index (χ1n) is 6.10. The predicted molar refractivity (Wildman–Crippen MR) is 63.3 cm³/mol. The summed E-state index contributed by atoms with van der Waals surface area (Å²) >= 11 is 0. The summed E-state index contributed by atoms with van der Waals surface area (Å²) in [4.78, 5) is 17.8. The van der Waals surface area contributed by atoms with Gasteiger partial charge in [-0.1, -0.05) is 0 Å². The number of nitrogens with zero attached hydrogens (tertiary/aromatic N) is 4. The Labute approximate surface area is 101 Å². The largest absolute Gasteiger partial charge is 0.337 e. The van der Waals surface area contributed by atoms with E-state index in [4.69, 9.17) is 0 Å². The Morgan fingerprint density at radius 1 is 1.59 bits per heavy atom. The van der Waals surface area contributed by atoms with Crippen LogP contribution in [-0.2, 0) is 11.3 Å². The fraction of sp³-hybridized carbons (Fsp3) is 0.727. The van der Waals surface area contributed by atoms with E-state index in [0.717, 1.165) is 32.6 Å². The van der Waals surface area contributed by atoms with Gasteiger partial charge in [0.25, 0.3) is 0 Å². The monoisotopic (exact) mass is 237 g/mol. The van der Waals surface area contributed by atoms with Crippen molar-refractivity contribution in [1.29, 1.82) is 0 Å². The summed E-state index contributed by atoms with van der Waals surface area (Å²) < 4.78 is 1.76. The summed E-state index contributed by atoms with van der Waals surface area (Å²) in [5.74, 6) is 0.249. The number of aromatic nitrogens is 3. The van der Waals surface area contributed by atoms with Crippen molar-refractivity contribution in [3.05, 3.63) is 12.7 Å². The molecular weight excluding hydrogens is 218 g/mol. The Kier molecular flexibility index (Phi) is 4.08. The van der Waals surface area contributed by atoms with Gasteiger partial charge in [0.05, 0.1) is 0 Å². The number of amides is 1. The predicted octanol–water partition coefficient (Wildman–Crippen LogP) is -0.121. The maximum Gasteiger partial charge on any atom is 0.222 e. The van der Waals surface area contributed by atoms with Gasteiger partial charge >= 0.3 is 0 Å². The highest BCUT2D eigenvalue weighted by atomic mass is 16.2. The van der Waals surface area contributed by atoms with Crippen LogP contribution in [-0.4, -0.2) is 51.2 Å². The summed E-state index contributed by atoms with van der Waals surface area (Å²) in [7, 11) is 0. The fourth-order valence-electron chi connectivity index (χ4n) is 2.10. The lowest BCUT2D eigenvalue weighted by Gasteiger charge is -2.34. The minimum Gasteiger partial charge on any atom is -0.337 e. The maximum atomic E-state index is 12.0. The number of rotatable bonds is 4. The van der Waals surface area contributed by atoms with Crippen molar-refractivity contribution >= 4 is 5.91 Å². The first-order chi connectivity index (χ1) is 8.27. The second-order valence-corrected chi connectivity index (χ2v) is 4.40. The number of carbonyl (C=O) groups excluding carboxylic acids is 1. The van der Waals surface area contributed by atoms with Gasteiger partial charge in [0.1, 0.15) is 12.7 Å². The highest BCUT2D eigenvalue weighted by Crippen LogP contribution is 2.06. The molecule has 0 unspecified atom stereocenters. The van der Waals surface area contributed by atoms with Crippen molar-refractivity contribution in [2.75, 3.05) is 19.6 Å². The van der Waals surface area contributed by atoms with E-state index in [1.54, 1.807) is 11.0 Å². The average Bonchev–Trinajstić information content (AvgIpc) is 2.82. The molecular formula is C11H19N5O. The van der Waals surface area contributed by atoms with Gasteiger partial charge in [0, 0.05) is 38.6 Å². The molecule has 0 radical (unpaired) electrons. The molecule has 0 spiro atoms. The van der Waals surface area contributed by atoms with Crippen LogP contribution < -0.4 is 5.32 Å². The third-order valence-electron chi connectivity index (χ3n) is 3.07. The Balaban J connectivity index is 1.73. The Morgan fingerprint density at radius 2 is 2.47 bits per heavy atom. The topological polar surface area (TPSA) is 63.1 Å². The Bertz CT molecular complexity index is 351. The molecule has 2 heterocycles. The van der Waals surface area contributed by atoms with Crippen LogP contribution in [0, 0.1) is 0 Å². The molecule has 1 aromatic rings. The lowest BCUT2D eigenvalue weighted by atomic mass is 10.2. The van der Waals surface area contributed by atoms with Crippen molar-refractivity contribution in [3.63, 3.8) is 0 Å². The van der Waals surface area contributed by atoms with E-state index < -0.39 is 0 Å². The molecule has 6 nitrogen and oxygen atoms in total. The van der Waals surface area contributed by atoms with Crippen LogP contribution in [0.25, 0.3) is 0 Å². The molecule has 0 bridgehead atoms. The zero-order valence-corrected chi connectivity index (χ0v) is 10.2. The van der Waals surface area contributed by atoms with E-state index in [9.17, 15) is 4.79 Å². The molecule has 94 valence electrons. The molecule has 2 rings (SSSR count). The van der Waals surface area contributed by atoms with Crippen LogP contribution >= 0.6 is 0 Å². The molecule has 1 aliphatic rings.